The Hall–Kier alpha value is -0.0800. The first kappa shape index (κ1) is 16.0. The van der Waals surface area contributed by atoms with Gasteiger partial charge in [0.1, 0.15) is 0 Å². The maximum atomic E-state index is 3.58. The fraction of sp³-hybridized carbons (Fsp3) is 1.00. The highest BCUT2D eigenvalue weighted by molar-refractivity contribution is 4.88. The molecule has 1 aliphatic carbocycles. The van der Waals surface area contributed by atoms with E-state index in [0.29, 0.717) is 0 Å². The number of nitrogens with one attached hydrogen (secondary N) is 1. The second-order valence-electron chi connectivity index (χ2n) is 6.41. The Balaban J connectivity index is 2.59. The number of nitrogens with zero attached hydrogens (tertiary/aromatic N) is 1. The van der Waals surface area contributed by atoms with Gasteiger partial charge in [0.25, 0.3) is 0 Å². The van der Waals surface area contributed by atoms with Gasteiger partial charge in [-0.05, 0) is 63.6 Å². The summed E-state index contributed by atoms with van der Waals surface area (Å²) in [7, 11) is 2.15. The minimum absolute atomic E-state index is 0.722. The maximum absolute atomic E-state index is 3.58. The molecule has 1 N–H and O–H groups in total. The van der Waals surface area contributed by atoms with Gasteiger partial charge in [-0.3, -0.25) is 0 Å². The molecular formula is C16H34N2. The molecule has 0 aromatic heterocycles. The van der Waals surface area contributed by atoms with Crippen LogP contribution in [0.2, 0.25) is 0 Å². The molecular weight excluding hydrogens is 220 g/mol. The summed E-state index contributed by atoms with van der Waals surface area (Å²) in [6.45, 7) is 13.3. The SMILES string of the molecule is CCCN(CCC)CC1C(C)CC(C)CC1NC. The lowest BCUT2D eigenvalue weighted by molar-refractivity contribution is 0.104. The summed E-state index contributed by atoms with van der Waals surface area (Å²) < 4.78 is 0. The topological polar surface area (TPSA) is 15.3 Å². The highest BCUT2D eigenvalue weighted by Crippen LogP contribution is 2.34. The zero-order valence-corrected chi connectivity index (χ0v) is 13.2. The van der Waals surface area contributed by atoms with Crippen molar-refractivity contribution in [1.29, 1.82) is 0 Å². The molecule has 1 saturated carbocycles. The molecule has 108 valence electrons. The zero-order valence-electron chi connectivity index (χ0n) is 13.2. The van der Waals surface area contributed by atoms with Gasteiger partial charge < -0.3 is 10.2 Å². The quantitative estimate of drug-likeness (QED) is 0.749. The molecule has 1 aliphatic rings. The van der Waals surface area contributed by atoms with Gasteiger partial charge in [-0.25, -0.2) is 0 Å². The molecule has 2 heteroatoms. The van der Waals surface area contributed by atoms with Crippen molar-refractivity contribution in [3.05, 3.63) is 0 Å². The minimum Gasteiger partial charge on any atom is -0.317 e. The third kappa shape index (κ3) is 4.55. The van der Waals surface area contributed by atoms with Crippen LogP contribution < -0.4 is 5.32 Å². The van der Waals surface area contributed by atoms with Crippen LogP contribution in [0.4, 0.5) is 0 Å². The van der Waals surface area contributed by atoms with Crippen LogP contribution in [0.15, 0.2) is 0 Å². The largest absolute Gasteiger partial charge is 0.317 e. The van der Waals surface area contributed by atoms with E-state index in [4.69, 9.17) is 0 Å². The van der Waals surface area contributed by atoms with E-state index in [0.717, 1.165) is 23.8 Å². The van der Waals surface area contributed by atoms with Gasteiger partial charge in [0.05, 0.1) is 0 Å². The average molecular weight is 254 g/mol. The molecule has 0 amide bonds. The van der Waals surface area contributed by atoms with Crippen LogP contribution in [0.5, 0.6) is 0 Å². The van der Waals surface area contributed by atoms with Crippen molar-refractivity contribution in [3.8, 4) is 0 Å². The van der Waals surface area contributed by atoms with Crippen molar-refractivity contribution in [1.82, 2.24) is 10.2 Å². The molecule has 0 saturated heterocycles. The van der Waals surface area contributed by atoms with E-state index in [1.807, 2.05) is 0 Å². The van der Waals surface area contributed by atoms with Crippen molar-refractivity contribution in [3.63, 3.8) is 0 Å². The highest BCUT2D eigenvalue weighted by atomic mass is 15.1. The summed E-state index contributed by atoms with van der Waals surface area (Å²) in [5.41, 5.74) is 0. The van der Waals surface area contributed by atoms with E-state index in [-0.39, 0.29) is 0 Å². The third-order valence-corrected chi connectivity index (χ3v) is 4.60. The smallest absolute Gasteiger partial charge is 0.0110 e. The summed E-state index contributed by atoms with van der Waals surface area (Å²) in [5.74, 6) is 2.59. The van der Waals surface area contributed by atoms with Gasteiger partial charge in [0.15, 0.2) is 0 Å². The second kappa shape index (κ2) is 8.16. The first-order valence-electron chi connectivity index (χ1n) is 8.01. The molecule has 1 rings (SSSR count). The number of hydrogen-bond donors (Lipinski definition) is 1. The normalized spacial score (nSPS) is 33.0. The van der Waals surface area contributed by atoms with E-state index < -0.39 is 0 Å². The molecule has 0 spiro atoms. The average Bonchev–Trinajstić information content (AvgIpc) is 2.32. The van der Waals surface area contributed by atoms with Gasteiger partial charge in [0.2, 0.25) is 0 Å². The van der Waals surface area contributed by atoms with E-state index in [2.05, 4.69) is 45.0 Å². The molecule has 4 unspecified atom stereocenters. The van der Waals surface area contributed by atoms with Gasteiger partial charge in [-0.15, -0.1) is 0 Å². The van der Waals surface area contributed by atoms with Crippen LogP contribution >= 0.6 is 0 Å². The number of hydrogen-bond acceptors (Lipinski definition) is 2. The van der Waals surface area contributed by atoms with E-state index in [1.165, 1.54) is 45.3 Å². The molecule has 0 aromatic carbocycles. The molecule has 0 radical (unpaired) electrons. The summed E-state index contributed by atoms with van der Waals surface area (Å²) in [6, 6.07) is 0.722. The summed E-state index contributed by atoms with van der Waals surface area (Å²) in [5, 5.41) is 3.58. The first-order chi connectivity index (χ1) is 8.62. The lowest BCUT2D eigenvalue weighted by atomic mass is 9.72. The molecule has 0 aliphatic heterocycles. The van der Waals surface area contributed by atoms with E-state index in [9.17, 15) is 0 Å². The zero-order chi connectivity index (χ0) is 13.5. The van der Waals surface area contributed by atoms with Crippen molar-refractivity contribution in [2.45, 2.75) is 59.4 Å². The second-order valence-corrected chi connectivity index (χ2v) is 6.41. The van der Waals surface area contributed by atoms with Crippen molar-refractivity contribution < 1.29 is 0 Å². The fourth-order valence-electron chi connectivity index (χ4n) is 3.77. The lowest BCUT2D eigenvalue weighted by Gasteiger charge is -2.42. The predicted molar refractivity (Wildman–Crippen MR) is 80.9 cm³/mol. The Morgan fingerprint density at radius 3 is 2.17 bits per heavy atom. The van der Waals surface area contributed by atoms with Crippen molar-refractivity contribution in [2.75, 3.05) is 26.7 Å². The van der Waals surface area contributed by atoms with E-state index >= 15 is 0 Å². The van der Waals surface area contributed by atoms with Crippen LogP contribution in [0.3, 0.4) is 0 Å². The molecule has 0 bridgehead atoms. The van der Waals surface area contributed by atoms with Crippen LogP contribution in [0.25, 0.3) is 0 Å². The highest BCUT2D eigenvalue weighted by Gasteiger charge is 2.33. The van der Waals surface area contributed by atoms with Crippen LogP contribution in [-0.4, -0.2) is 37.6 Å². The molecule has 1 fully saturated rings. The Bertz CT molecular complexity index is 211. The van der Waals surface area contributed by atoms with Crippen LogP contribution in [0.1, 0.15) is 53.4 Å². The maximum Gasteiger partial charge on any atom is 0.0110 e. The fourth-order valence-corrected chi connectivity index (χ4v) is 3.77. The van der Waals surface area contributed by atoms with Gasteiger partial charge in [-0.2, -0.15) is 0 Å². The Morgan fingerprint density at radius 2 is 1.67 bits per heavy atom. The third-order valence-electron chi connectivity index (χ3n) is 4.60. The Labute approximate surface area is 115 Å². The van der Waals surface area contributed by atoms with Crippen LogP contribution in [-0.2, 0) is 0 Å². The minimum atomic E-state index is 0.722. The molecule has 0 heterocycles. The van der Waals surface area contributed by atoms with Crippen LogP contribution in [0, 0.1) is 17.8 Å². The number of rotatable bonds is 7. The monoisotopic (exact) mass is 254 g/mol. The summed E-state index contributed by atoms with van der Waals surface area (Å²) in [6.07, 6.45) is 5.33. The van der Waals surface area contributed by atoms with Gasteiger partial charge in [0, 0.05) is 12.6 Å². The van der Waals surface area contributed by atoms with Gasteiger partial charge >= 0.3 is 0 Å². The van der Waals surface area contributed by atoms with E-state index in [1.54, 1.807) is 0 Å². The molecule has 2 nitrogen and oxygen atoms in total. The summed E-state index contributed by atoms with van der Waals surface area (Å²) >= 11 is 0. The van der Waals surface area contributed by atoms with Crippen molar-refractivity contribution in [2.24, 2.45) is 17.8 Å². The Morgan fingerprint density at radius 1 is 1.06 bits per heavy atom. The van der Waals surface area contributed by atoms with Crippen molar-refractivity contribution >= 4 is 0 Å². The van der Waals surface area contributed by atoms with Gasteiger partial charge in [-0.1, -0.05) is 27.7 Å². The molecule has 0 aromatic rings. The molecule has 18 heavy (non-hydrogen) atoms. The Kier molecular flexibility index (Phi) is 7.25. The first-order valence-corrected chi connectivity index (χ1v) is 8.01. The molecule has 4 atom stereocenters. The summed E-state index contributed by atoms with van der Waals surface area (Å²) in [4.78, 5) is 2.68. The predicted octanol–water partition coefficient (Wildman–Crippen LogP) is 3.38. The lowest BCUT2D eigenvalue weighted by Crippen LogP contribution is -2.48. The standard InChI is InChI=1S/C16H34N2/c1-6-8-18(9-7-2)12-15-14(4)10-13(3)11-16(15)17-5/h13-17H,6-12H2,1-5H3.